The molecule has 0 aromatic heterocycles. The van der Waals surface area contributed by atoms with Crippen molar-refractivity contribution in [3.8, 4) is 0 Å². The summed E-state index contributed by atoms with van der Waals surface area (Å²) < 4.78 is 80.8. The first-order valence-electron chi connectivity index (χ1n) is 5.06. The third-order valence-electron chi connectivity index (χ3n) is 3.00. The Labute approximate surface area is 100 Å². The molecule has 0 aliphatic carbocycles. The van der Waals surface area contributed by atoms with Gasteiger partial charge in [-0.25, -0.2) is 0 Å². The Balaban J connectivity index is 5.69. The van der Waals surface area contributed by atoms with Gasteiger partial charge in [0.05, 0.1) is 0 Å². The van der Waals surface area contributed by atoms with Crippen LogP contribution in [0.1, 0.15) is 34.1 Å². The molecule has 0 saturated heterocycles. The first-order valence-corrected chi connectivity index (χ1v) is 5.06. The first-order chi connectivity index (χ1) is 7.70. The highest BCUT2D eigenvalue weighted by Crippen LogP contribution is 2.57. The van der Waals surface area contributed by atoms with E-state index < -0.39 is 29.3 Å². The molecule has 0 aliphatic heterocycles. The maximum Gasteiger partial charge on any atom is 0.406 e. The number of halogens is 6. The van der Waals surface area contributed by atoms with Crippen LogP contribution < -0.4 is 0 Å². The van der Waals surface area contributed by atoms with Gasteiger partial charge in [-0.3, -0.25) is 4.79 Å². The fraction of sp³-hybridized carbons (Fsp3) is 0.900. The minimum Gasteiger partial charge on any atom is -0.458 e. The Morgan fingerprint density at radius 1 is 0.944 bits per heavy atom. The van der Waals surface area contributed by atoms with Gasteiger partial charge in [0.15, 0.2) is 5.41 Å². The van der Waals surface area contributed by atoms with Crippen molar-refractivity contribution in [3.63, 3.8) is 0 Å². The zero-order valence-corrected chi connectivity index (χ0v) is 10.3. The van der Waals surface area contributed by atoms with Gasteiger partial charge in [-0.2, -0.15) is 26.3 Å². The number of alkyl halides is 6. The van der Waals surface area contributed by atoms with E-state index >= 15 is 0 Å². The highest BCUT2D eigenvalue weighted by atomic mass is 19.4. The number of carbonyl (C=O) groups is 1. The molecule has 0 amide bonds. The molecule has 0 unspecified atom stereocenters. The van der Waals surface area contributed by atoms with Crippen molar-refractivity contribution in [3.05, 3.63) is 0 Å². The molecule has 0 atom stereocenters. The second-order valence-corrected chi connectivity index (χ2v) is 4.46. The molecular weight excluding hydrogens is 266 g/mol. The summed E-state index contributed by atoms with van der Waals surface area (Å²) in [6.45, 7) is 2.45. The van der Waals surface area contributed by atoms with Crippen molar-refractivity contribution < 1.29 is 35.9 Å². The summed E-state index contributed by atoms with van der Waals surface area (Å²) in [6, 6.07) is 0. The molecule has 0 rings (SSSR count). The van der Waals surface area contributed by atoms with Crippen LogP contribution in [0.5, 0.6) is 0 Å². The molecule has 0 aliphatic rings. The van der Waals surface area contributed by atoms with Crippen LogP contribution in [0, 0.1) is 5.41 Å². The predicted octanol–water partition coefficient (Wildman–Crippen LogP) is 3.85. The Morgan fingerprint density at radius 3 is 1.50 bits per heavy atom. The molecule has 0 fully saturated rings. The third-order valence-corrected chi connectivity index (χ3v) is 3.00. The van der Waals surface area contributed by atoms with E-state index in [0.29, 0.717) is 13.8 Å². The highest BCUT2D eigenvalue weighted by Gasteiger charge is 2.75. The van der Waals surface area contributed by atoms with Crippen molar-refractivity contribution in [2.45, 2.75) is 52.1 Å². The smallest absolute Gasteiger partial charge is 0.406 e. The summed E-state index contributed by atoms with van der Waals surface area (Å²) in [7, 11) is 0. The summed E-state index contributed by atoms with van der Waals surface area (Å²) in [5.74, 6) is -1.13. The number of carbonyl (C=O) groups excluding carboxylic acids is 1. The SMILES string of the molecule is CCC(=O)OC(C)(C)C(C)(C(F)(F)F)C(F)(F)F. The second-order valence-electron chi connectivity index (χ2n) is 4.46. The molecule has 0 aromatic carbocycles. The molecule has 0 aromatic rings. The maximum absolute atomic E-state index is 12.7. The number of hydrogen-bond donors (Lipinski definition) is 0. The Bertz CT molecular complexity index is 301. The highest BCUT2D eigenvalue weighted by molar-refractivity contribution is 5.69. The van der Waals surface area contributed by atoms with Gasteiger partial charge >= 0.3 is 18.3 Å². The lowest BCUT2D eigenvalue weighted by Crippen LogP contribution is -2.61. The topological polar surface area (TPSA) is 26.3 Å². The minimum absolute atomic E-state index is 0.0179. The molecule has 0 bridgehead atoms. The molecule has 0 saturated carbocycles. The van der Waals surface area contributed by atoms with E-state index in [4.69, 9.17) is 0 Å². The molecule has 0 heterocycles. The summed E-state index contributed by atoms with van der Waals surface area (Å²) in [4.78, 5) is 11.0. The first kappa shape index (κ1) is 17.1. The van der Waals surface area contributed by atoms with E-state index in [0.717, 1.165) is 0 Å². The van der Waals surface area contributed by atoms with Crippen molar-refractivity contribution in [2.75, 3.05) is 0 Å². The van der Waals surface area contributed by atoms with E-state index in [2.05, 4.69) is 4.74 Å². The van der Waals surface area contributed by atoms with Crippen LogP contribution in [0.15, 0.2) is 0 Å². The molecule has 0 spiro atoms. The summed E-state index contributed by atoms with van der Waals surface area (Å²) in [5, 5.41) is 0. The quantitative estimate of drug-likeness (QED) is 0.580. The lowest BCUT2D eigenvalue weighted by Gasteiger charge is -2.44. The molecule has 2 nitrogen and oxygen atoms in total. The second kappa shape index (κ2) is 4.62. The van der Waals surface area contributed by atoms with Gasteiger partial charge in [-0.05, 0) is 20.8 Å². The van der Waals surface area contributed by atoms with Crippen LogP contribution in [0.4, 0.5) is 26.3 Å². The number of esters is 1. The Hall–Kier alpha value is -0.950. The van der Waals surface area contributed by atoms with Crippen LogP contribution in [0.3, 0.4) is 0 Å². The van der Waals surface area contributed by atoms with E-state index in [-0.39, 0.29) is 13.3 Å². The maximum atomic E-state index is 12.7. The predicted molar refractivity (Wildman–Crippen MR) is 50.7 cm³/mol. The zero-order valence-electron chi connectivity index (χ0n) is 10.3. The van der Waals surface area contributed by atoms with E-state index in [9.17, 15) is 31.1 Å². The van der Waals surface area contributed by atoms with Gasteiger partial charge in [0.25, 0.3) is 0 Å². The van der Waals surface area contributed by atoms with Gasteiger partial charge in [-0.1, -0.05) is 6.92 Å². The molecule has 108 valence electrons. The number of hydrogen-bond acceptors (Lipinski definition) is 2. The summed E-state index contributed by atoms with van der Waals surface area (Å²) in [6.07, 6.45) is -11.5. The third kappa shape index (κ3) is 2.72. The van der Waals surface area contributed by atoms with Crippen molar-refractivity contribution in [1.29, 1.82) is 0 Å². The fourth-order valence-corrected chi connectivity index (χ4v) is 1.30. The number of ether oxygens (including phenoxy) is 1. The summed E-state index contributed by atoms with van der Waals surface area (Å²) >= 11 is 0. The van der Waals surface area contributed by atoms with Gasteiger partial charge < -0.3 is 4.74 Å². The van der Waals surface area contributed by atoms with Crippen molar-refractivity contribution in [2.24, 2.45) is 5.41 Å². The average Bonchev–Trinajstić information content (AvgIpc) is 2.11. The molecule has 0 radical (unpaired) electrons. The lowest BCUT2D eigenvalue weighted by atomic mass is 9.73. The van der Waals surface area contributed by atoms with E-state index in [1.165, 1.54) is 6.92 Å². The normalized spacial score (nSPS) is 14.6. The minimum atomic E-state index is -5.59. The van der Waals surface area contributed by atoms with Gasteiger partial charge in [0, 0.05) is 6.42 Å². The molecule has 18 heavy (non-hydrogen) atoms. The van der Waals surface area contributed by atoms with Crippen LogP contribution in [0.25, 0.3) is 0 Å². The standard InChI is InChI=1S/C10H14F6O2/c1-5-6(17)18-7(2,3)8(4,9(11,12)13)10(14,15)16/h5H2,1-4H3. The monoisotopic (exact) mass is 280 g/mol. The molecular formula is C10H14F6O2. The van der Waals surface area contributed by atoms with Gasteiger partial charge in [-0.15, -0.1) is 0 Å². The van der Waals surface area contributed by atoms with Crippen LogP contribution in [-0.4, -0.2) is 23.9 Å². The van der Waals surface area contributed by atoms with E-state index in [1.807, 2.05) is 0 Å². The van der Waals surface area contributed by atoms with Gasteiger partial charge in [0.1, 0.15) is 5.60 Å². The van der Waals surface area contributed by atoms with Crippen LogP contribution in [-0.2, 0) is 9.53 Å². The van der Waals surface area contributed by atoms with Crippen molar-refractivity contribution in [1.82, 2.24) is 0 Å². The zero-order chi connectivity index (χ0) is 15.0. The lowest BCUT2D eigenvalue weighted by molar-refractivity contribution is -0.376. The van der Waals surface area contributed by atoms with Crippen LogP contribution in [0.2, 0.25) is 0 Å². The Morgan fingerprint density at radius 2 is 1.28 bits per heavy atom. The van der Waals surface area contributed by atoms with E-state index in [1.54, 1.807) is 0 Å². The molecule has 0 N–H and O–H groups in total. The summed E-state index contributed by atoms with van der Waals surface area (Å²) in [5.41, 5.74) is -6.89. The number of rotatable bonds is 3. The van der Waals surface area contributed by atoms with Gasteiger partial charge in [0.2, 0.25) is 0 Å². The largest absolute Gasteiger partial charge is 0.458 e. The Kier molecular flexibility index (Phi) is 4.38. The molecule has 8 heteroatoms. The average molecular weight is 280 g/mol. The van der Waals surface area contributed by atoms with Crippen LogP contribution >= 0.6 is 0 Å². The van der Waals surface area contributed by atoms with Crippen molar-refractivity contribution >= 4 is 5.97 Å². The fourth-order valence-electron chi connectivity index (χ4n) is 1.30.